The fraction of sp³-hybridized carbons (Fsp3) is 0.642. The van der Waals surface area contributed by atoms with Crippen LogP contribution in [0.1, 0.15) is 124 Å². The van der Waals surface area contributed by atoms with Gasteiger partial charge in [-0.15, -0.1) is 0 Å². The molecule has 0 unspecified atom stereocenters. The van der Waals surface area contributed by atoms with Crippen LogP contribution in [0.25, 0.3) is 0 Å². The van der Waals surface area contributed by atoms with Gasteiger partial charge in [0.25, 0.3) is 0 Å². The lowest BCUT2D eigenvalue weighted by molar-refractivity contribution is -0.333. The number of hydrogen-bond acceptors (Lipinski definition) is 18. The summed E-state index contributed by atoms with van der Waals surface area (Å²) in [7, 11) is 1.26. The number of aliphatic hydroxyl groups excluding tert-OH is 5. The van der Waals surface area contributed by atoms with Gasteiger partial charge < -0.3 is 73.6 Å². The molecule has 18 nitrogen and oxygen atoms in total. The zero-order valence-electron chi connectivity index (χ0n) is 43.9. The van der Waals surface area contributed by atoms with Crippen LogP contribution in [0.4, 0.5) is 0 Å². The fourth-order valence-corrected chi connectivity index (χ4v) is 9.41. The van der Waals surface area contributed by atoms with Crippen LogP contribution in [0.5, 0.6) is 11.5 Å². The Morgan fingerprint density at radius 2 is 1.55 bits per heavy atom. The Balaban J connectivity index is 1.61. The maximum absolute atomic E-state index is 14.0. The minimum atomic E-state index is -1.61. The Morgan fingerprint density at radius 1 is 0.890 bits per heavy atom. The molecule has 0 bridgehead atoms. The van der Waals surface area contributed by atoms with E-state index in [-0.39, 0.29) is 29.0 Å². The number of carbonyl (C=O) groups is 3. The highest BCUT2D eigenvalue weighted by Gasteiger charge is 2.53. The Kier molecular flexibility index (Phi) is 22.6. The van der Waals surface area contributed by atoms with E-state index in [1.165, 1.54) is 33.1 Å². The number of ether oxygens (including phenoxy) is 8. The van der Waals surface area contributed by atoms with Gasteiger partial charge in [-0.2, -0.15) is 0 Å². The molecule has 4 rings (SSSR count). The summed E-state index contributed by atoms with van der Waals surface area (Å²) < 4.78 is 47.6. The lowest BCUT2D eigenvalue weighted by atomic mass is 9.88. The van der Waals surface area contributed by atoms with Gasteiger partial charge in [-0.05, 0) is 90.0 Å². The third-order valence-corrected chi connectivity index (χ3v) is 13.9. The molecule has 3 heterocycles. The van der Waals surface area contributed by atoms with Crippen molar-refractivity contribution in [1.82, 2.24) is 0 Å². The molecule has 0 saturated carbocycles. The summed E-state index contributed by atoms with van der Waals surface area (Å²) >= 11 is 12.4. The lowest BCUT2D eigenvalue weighted by Crippen LogP contribution is -2.64. The van der Waals surface area contributed by atoms with E-state index in [0.29, 0.717) is 23.1 Å². The molecule has 2 fully saturated rings. The monoisotopic (exact) mass is 1070 g/mol. The quantitative estimate of drug-likeness (QED) is 0.0608. The van der Waals surface area contributed by atoms with Crippen LogP contribution in [0.2, 0.25) is 10.0 Å². The number of halogens is 2. The maximum atomic E-state index is 14.0. The Morgan fingerprint density at radius 3 is 2.14 bits per heavy atom. The van der Waals surface area contributed by atoms with Crippen molar-refractivity contribution in [2.45, 2.75) is 194 Å². The zero-order valence-corrected chi connectivity index (χ0v) is 45.4. The molecule has 1 aromatic carbocycles. The van der Waals surface area contributed by atoms with E-state index < -0.39 is 150 Å². The molecular weight excluding hydrogens is 995 g/mol. The molecule has 1 aromatic rings. The molecule has 410 valence electrons. The van der Waals surface area contributed by atoms with Crippen LogP contribution in [0, 0.1) is 11.8 Å². The van der Waals surface area contributed by atoms with Crippen LogP contribution in [0.3, 0.4) is 0 Å². The summed E-state index contributed by atoms with van der Waals surface area (Å²) in [5, 5.41) is 76.8. The summed E-state index contributed by atoms with van der Waals surface area (Å²) in [6.07, 6.45) is -5.59. The predicted octanol–water partition coefficient (Wildman–Crippen LogP) is 6.80. The average Bonchev–Trinajstić information content (AvgIpc) is 3.31. The molecule has 0 aliphatic carbocycles. The zero-order chi connectivity index (χ0) is 55.0. The van der Waals surface area contributed by atoms with Crippen LogP contribution in [0.15, 0.2) is 58.7 Å². The second kappa shape index (κ2) is 26.7. The molecule has 3 aliphatic heterocycles. The molecule has 3 aliphatic rings. The average molecular weight is 1070 g/mol. The van der Waals surface area contributed by atoms with Gasteiger partial charge in [-0.1, -0.05) is 93.8 Å². The van der Waals surface area contributed by atoms with E-state index in [2.05, 4.69) is 0 Å². The Bertz CT molecular complexity index is 2250. The van der Waals surface area contributed by atoms with Gasteiger partial charge in [0.15, 0.2) is 36.3 Å². The van der Waals surface area contributed by atoms with Gasteiger partial charge >= 0.3 is 17.9 Å². The van der Waals surface area contributed by atoms with Gasteiger partial charge in [-0.3, -0.25) is 4.79 Å². The molecule has 0 radical (unpaired) electrons. The first kappa shape index (κ1) is 61.7. The summed E-state index contributed by atoms with van der Waals surface area (Å²) in [6.45, 7) is 19.8. The predicted molar refractivity (Wildman–Crippen MR) is 270 cm³/mol. The molecule has 2 saturated heterocycles. The second-order valence-electron chi connectivity index (χ2n) is 20.1. The molecule has 20 heteroatoms. The van der Waals surface area contributed by atoms with Crippen LogP contribution in [-0.4, -0.2) is 153 Å². The van der Waals surface area contributed by atoms with Gasteiger partial charge in [0.1, 0.15) is 46.7 Å². The van der Waals surface area contributed by atoms with Crippen molar-refractivity contribution < 1.29 is 88.0 Å². The topological polar surface area (TPSA) is 267 Å². The van der Waals surface area contributed by atoms with E-state index in [1.54, 1.807) is 60.6 Å². The number of rotatable bonds is 13. The van der Waals surface area contributed by atoms with E-state index in [1.807, 2.05) is 32.9 Å². The number of esters is 3. The Hall–Kier alpha value is -3.89. The maximum Gasteiger partial charge on any atom is 0.342 e. The molecule has 73 heavy (non-hydrogen) atoms. The number of phenols is 2. The Labute approximate surface area is 438 Å². The summed E-state index contributed by atoms with van der Waals surface area (Å²) in [5.41, 5.74) is 0.318. The van der Waals surface area contributed by atoms with Gasteiger partial charge in [0, 0.05) is 19.4 Å². The minimum Gasteiger partial charge on any atom is -0.505 e. The van der Waals surface area contributed by atoms with Gasteiger partial charge in [0.05, 0.1) is 47.5 Å². The smallest absolute Gasteiger partial charge is 0.342 e. The first-order valence-electron chi connectivity index (χ1n) is 24.6. The first-order chi connectivity index (χ1) is 34.1. The SMILES string of the molecule is CC[C@H]1/C=C(\C)[C@@H](O)C/C=C/C=C(\CO[C@@H]2O[C@H](C)[C@@H](OC(=O)c3c(O)c(Cl)c(O)c(Cl)c3C(C)C)[C@H](O)[C@@H]2OC)C(=O)O[C@H]([C@@H](C)O)C/C=C(C)/C=C(\C)[C@@H]1O[C@@H]1OC(C)(C)[C@@H](OC(=O)C(C)C)[C@H](O)[C@@H]1O. The highest BCUT2D eigenvalue weighted by Crippen LogP contribution is 2.47. The summed E-state index contributed by atoms with van der Waals surface area (Å²) in [5.74, 6) is -5.28. The second-order valence-corrected chi connectivity index (χ2v) is 20.9. The highest BCUT2D eigenvalue weighted by molar-refractivity contribution is 6.39. The number of methoxy groups -OCH3 is 1. The number of allylic oxidation sites excluding steroid dienone is 4. The van der Waals surface area contributed by atoms with E-state index in [0.717, 1.165) is 0 Å². The highest BCUT2D eigenvalue weighted by atomic mass is 35.5. The van der Waals surface area contributed by atoms with E-state index in [9.17, 15) is 50.1 Å². The van der Waals surface area contributed by atoms with Gasteiger partial charge in [0.2, 0.25) is 0 Å². The molecule has 0 amide bonds. The largest absolute Gasteiger partial charge is 0.505 e. The normalized spacial score (nSPS) is 34.6. The van der Waals surface area contributed by atoms with Crippen LogP contribution >= 0.6 is 23.2 Å². The molecule has 0 spiro atoms. The van der Waals surface area contributed by atoms with Crippen molar-refractivity contribution in [3.8, 4) is 11.5 Å². The minimum absolute atomic E-state index is 0.0380. The molecular formula is C53H76Cl2O18. The molecule has 7 N–H and O–H groups in total. The van der Waals surface area contributed by atoms with Crippen molar-refractivity contribution in [1.29, 1.82) is 0 Å². The number of phenolic OH excluding ortho intramolecular Hbond substituents is 2. The van der Waals surface area contributed by atoms with Crippen molar-refractivity contribution in [3.63, 3.8) is 0 Å². The third-order valence-electron chi connectivity index (χ3n) is 13.1. The molecule has 0 aromatic heterocycles. The third kappa shape index (κ3) is 15.2. The number of aliphatic hydroxyl groups is 5. The van der Waals surface area contributed by atoms with Crippen LogP contribution < -0.4 is 0 Å². The van der Waals surface area contributed by atoms with E-state index >= 15 is 0 Å². The van der Waals surface area contributed by atoms with Crippen LogP contribution in [-0.2, 0) is 47.5 Å². The number of aromatic hydroxyl groups is 2. The van der Waals surface area contributed by atoms with Crippen molar-refractivity contribution >= 4 is 41.1 Å². The number of hydrogen-bond donors (Lipinski definition) is 7. The van der Waals surface area contributed by atoms with Crippen molar-refractivity contribution in [3.05, 3.63) is 79.9 Å². The molecule has 14 atom stereocenters. The van der Waals surface area contributed by atoms with E-state index in [4.69, 9.17) is 61.1 Å². The van der Waals surface area contributed by atoms with Crippen molar-refractivity contribution in [2.75, 3.05) is 13.7 Å². The van der Waals surface area contributed by atoms with Crippen molar-refractivity contribution in [2.24, 2.45) is 11.8 Å². The number of cyclic esters (lactones) is 1. The first-order valence-corrected chi connectivity index (χ1v) is 25.3. The van der Waals surface area contributed by atoms with Gasteiger partial charge in [-0.25, -0.2) is 9.59 Å². The number of benzene rings is 1. The fourth-order valence-electron chi connectivity index (χ4n) is 8.77. The summed E-state index contributed by atoms with van der Waals surface area (Å²) in [6, 6.07) is 0. The lowest BCUT2D eigenvalue weighted by Gasteiger charge is -2.47. The standard InChI is InChI=1S/C53H76Cl2O18/c1-14-31-22-27(7)33(57)18-16-15-17-32(23-67-52-46(66-13)43(62)45(30(10)68-52)70-50(65)36-35(24(2)3)37(54)40(59)38(55)39(36)58)49(64)69-34(29(9)56)20-19-26(6)21-28(8)44(31)71-51-42(61)41(60)47(53(11,12)73-51)72-48(63)25(4)5/h15-17,19,21-22,24-25,29-31,33-34,41-47,51-52,56-62H,14,18,20,23H2,1-13H3/b16-15+,26-19+,27-22+,28-21+,32-17+/t29-,30-,31+,33+,34+,41-,42+,43+,44+,45-,46+,47+,51-,52-/m1/s1. The summed E-state index contributed by atoms with van der Waals surface area (Å²) in [4.78, 5) is 40.2. The number of carbonyl (C=O) groups excluding carboxylic acids is 3.